The molecule has 1 aromatic heterocycles. The first kappa shape index (κ1) is 15.7. The van der Waals surface area contributed by atoms with Crippen LogP contribution in [0.5, 0.6) is 5.75 Å². The fourth-order valence-electron chi connectivity index (χ4n) is 2.86. The van der Waals surface area contributed by atoms with Gasteiger partial charge in [-0.2, -0.15) is 0 Å². The number of rotatable bonds is 4. The predicted molar refractivity (Wildman–Crippen MR) is 101 cm³/mol. The quantitative estimate of drug-likeness (QED) is 0.516. The molecular formula is C22H15N3O. The summed E-state index contributed by atoms with van der Waals surface area (Å²) in [6.45, 7) is 0. The third-order valence-corrected chi connectivity index (χ3v) is 4.10. The van der Waals surface area contributed by atoms with Crippen molar-refractivity contribution in [2.75, 3.05) is 0 Å². The van der Waals surface area contributed by atoms with Crippen molar-refractivity contribution in [1.29, 1.82) is 5.26 Å². The van der Waals surface area contributed by atoms with Gasteiger partial charge in [0.2, 0.25) is 0 Å². The molecule has 0 bridgehead atoms. The van der Waals surface area contributed by atoms with E-state index in [-0.39, 0.29) is 0 Å². The van der Waals surface area contributed by atoms with Crippen LogP contribution in [0.2, 0.25) is 0 Å². The van der Waals surface area contributed by atoms with Crippen LogP contribution in [0, 0.1) is 11.5 Å². The van der Waals surface area contributed by atoms with Crippen molar-refractivity contribution in [3.8, 4) is 45.9 Å². The summed E-state index contributed by atoms with van der Waals surface area (Å²) in [4.78, 5) is 8.29. The van der Waals surface area contributed by atoms with E-state index in [0.29, 0.717) is 5.75 Å². The Morgan fingerprint density at radius 3 is 1.96 bits per heavy atom. The van der Waals surface area contributed by atoms with Crippen molar-refractivity contribution in [2.45, 2.75) is 0 Å². The summed E-state index contributed by atoms with van der Waals surface area (Å²) in [5, 5.41) is 8.61. The summed E-state index contributed by atoms with van der Waals surface area (Å²) in [7, 11) is 0. The molecule has 3 aromatic carbocycles. The van der Waals surface area contributed by atoms with E-state index in [1.54, 1.807) is 18.4 Å². The van der Waals surface area contributed by atoms with Crippen LogP contribution in [-0.2, 0) is 0 Å². The number of aromatic nitrogens is 2. The minimum Gasteiger partial charge on any atom is -0.388 e. The van der Waals surface area contributed by atoms with E-state index in [2.05, 4.69) is 29.2 Å². The summed E-state index contributed by atoms with van der Waals surface area (Å²) in [6.07, 6.45) is 1.68. The number of hydrogen-bond donors (Lipinski definition) is 1. The van der Waals surface area contributed by atoms with Gasteiger partial charge in [-0.3, -0.25) is 0 Å². The Hall–Kier alpha value is -3.84. The number of benzene rings is 3. The molecule has 1 N–H and O–H groups in total. The van der Waals surface area contributed by atoms with Crippen LogP contribution in [0.15, 0.2) is 84.9 Å². The zero-order valence-corrected chi connectivity index (χ0v) is 13.9. The van der Waals surface area contributed by atoms with Gasteiger partial charge in [0.15, 0.2) is 0 Å². The highest BCUT2D eigenvalue weighted by molar-refractivity contribution is 5.81. The minimum absolute atomic E-state index is 0.509. The number of aromatic amines is 1. The monoisotopic (exact) mass is 337 g/mol. The topological polar surface area (TPSA) is 61.7 Å². The first-order valence-corrected chi connectivity index (χ1v) is 8.22. The molecule has 4 heteroatoms. The maximum Gasteiger partial charge on any atom is 0.292 e. The second-order valence-electron chi connectivity index (χ2n) is 5.76. The summed E-state index contributed by atoms with van der Waals surface area (Å²) >= 11 is 0. The van der Waals surface area contributed by atoms with Crippen LogP contribution in [0.1, 0.15) is 0 Å². The van der Waals surface area contributed by atoms with Crippen LogP contribution in [0.3, 0.4) is 0 Å². The Kier molecular flexibility index (Phi) is 4.19. The molecule has 4 aromatic rings. The lowest BCUT2D eigenvalue weighted by Gasteiger charge is -2.02. The number of ether oxygens (including phenoxy) is 1. The Morgan fingerprint density at radius 1 is 0.731 bits per heavy atom. The third-order valence-electron chi connectivity index (χ3n) is 4.10. The van der Waals surface area contributed by atoms with Crippen molar-refractivity contribution < 1.29 is 4.74 Å². The Labute approximate surface area is 151 Å². The van der Waals surface area contributed by atoms with Crippen molar-refractivity contribution in [3.05, 3.63) is 84.9 Å². The van der Waals surface area contributed by atoms with E-state index in [9.17, 15) is 0 Å². The lowest BCUT2D eigenvalue weighted by Crippen LogP contribution is -1.84. The summed E-state index contributed by atoms with van der Waals surface area (Å²) in [5.41, 5.74) is 4.94. The van der Waals surface area contributed by atoms with Gasteiger partial charge in [-0.25, -0.2) is 4.98 Å². The van der Waals surface area contributed by atoms with Gasteiger partial charge in [0.1, 0.15) is 11.6 Å². The third kappa shape index (κ3) is 3.06. The smallest absolute Gasteiger partial charge is 0.292 e. The van der Waals surface area contributed by atoms with E-state index < -0.39 is 0 Å². The van der Waals surface area contributed by atoms with Crippen LogP contribution >= 0.6 is 0 Å². The molecule has 0 aliphatic heterocycles. The van der Waals surface area contributed by atoms with E-state index in [4.69, 9.17) is 15.0 Å². The molecule has 0 spiro atoms. The van der Waals surface area contributed by atoms with Crippen LogP contribution in [0.25, 0.3) is 33.9 Å². The Bertz CT molecular complexity index is 989. The molecule has 0 unspecified atom stereocenters. The Balaban J connectivity index is 1.82. The molecule has 0 atom stereocenters. The molecule has 0 aliphatic rings. The molecule has 0 aliphatic carbocycles. The predicted octanol–water partition coefficient (Wildman–Crippen LogP) is 5.27. The second-order valence-corrected chi connectivity index (χ2v) is 5.76. The molecular weight excluding hydrogens is 322 g/mol. The molecule has 0 saturated heterocycles. The molecule has 0 saturated carbocycles. The molecule has 0 fully saturated rings. The van der Waals surface area contributed by atoms with Gasteiger partial charge in [0, 0.05) is 16.7 Å². The first-order chi connectivity index (χ1) is 12.8. The van der Waals surface area contributed by atoms with Gasteiger partial charge >= 0.3 is 0 Å². The maximum absolute atomic E-state index is 8.61. The molecule has 0 radical (unpaired) electrons. The van der Waals surface area contributed by atoms with Crippen molar-refractivity contribution in [1.82, 2.24) is 9.97 Å². The second kappa shape index (κ2) is 6.96. The minimum atomic E-state index is 0.509. The maximum atomic E-state index is 8.61. The van der Waals surface area contributed by atoms with Gasteiger partial charge in [0.05, 0.1) is 11.4 Å². The molecule has 4 rings (SSSR count). The highest BCUT2D eigenvalue weighted by Gasteiger charge is 2.15. The lowest BCUT2D eigenvalue weighted by atomic mass is 10.1. The number of nitriles is 1. The zero-order valence-electron chi connectivity index (χ0n) is 13.9. The Morgan fingerprint density at radius 2 is 1.35 bits per heavy atom. The molecule has 0 amide bonds. The summed E-state index contributed by atoms with van der Waals surface area (Å²) < 4.78 is 4.84. The molecule has 26 heavy (non-hydrogen) atoms. The molecule has 1 heterocycles. The highest BCUT2D eigenvalue weighted by atomic mass is 16.5. The van der Waals surface area contributed by atoms with Gasteiger partial charge < -0.3 is 9.72 Å². The van der Waals surface area contributed by atoms with Crippen molar-refractivity contribution >= 4 is 0 Å². The van der Waals surface area contributed by atoms with Gasteiger partial charge in [-0.1, -0.05) is 60.7 Å². The van der Waals surface area contributed by atoms with Crippen molar-refractivity contribution in [3.63, 3.8) is 0 Å². The highest BCUT2D eigenvalue weighted by Crippen LogP contribution is 2.33. The SMILES string of the molecule is N#COc1ccc(-c2nc(-c3ccccc3)c(-c3ccccc3)[nH]2)cc1. The summed E-state index contributed by atoms with van der Waals surface area (Å²) in [6, 6.07) is 27.5. The molecule has 124 valence electrons. The number of imidazole rings is 1. The van der Waals surface area contributed by atoms with Gasteiger partial charge in [0.25, 0.3) is 6.26 Å². The van der Waals surface area contributed by atoms with Crippen LogP contribution in [0.4, 0.5) is 0 Å². The number of H-pyrrole nitrogens is 1. The normalized spacial score (nSPS) is 10.3. The van der Waals surface area contributed by atoms with E-state index >= 15 is 0 Å². The van der Waals surface area contributed by atoms with Gasteiger partial charge in [-0.15, -0.1) is 5.26 Å². The van der Waals surface area contributed by atoms with E-state index in [0.717, 1.165) is 33.9 Å². The average molecular weight is 337 g/mol. The van der Waals surface area contributed by atoms with E-state index in [1.807, 2.05) is 48.5 Å². The standard InChI is InChI=1S/C22H15N3O/c23-15-26-19-13-11-18(12-14-19)22-24-20(16-7-3-1-4-8-16)21(25-22)17-9-5-2-6-10-17/h1-14H,(H,24,25). The number of nitrogens with one attached hydrogen (secondary N) is 1. The van der Waals surface area contributed by atoms with E-state index in [1.165, 1.54) is 0 Å². The first-order valence-electron chi connectivity index (χ1n) is 8.22. The fourth-order valence-corrected chi connectivity index (χ4v) is 2.86. The molecule has 4 nitrogen and oxygen atoms in total. The summed E-state index contributed by atoms with van der Waals surface area (Å²) in [5.74, 6) is 1.28. The fraction of sp³-hybridized carbons (Fsp3) is 0. The number of hydrogen-bond acceptors (Lipinski definition) is 3. The van der Waals surface area contributed by atoms with Crippen LogP contribution < -0.4 is 4.74 Å². The van der Waals surface area contributed by atoms with Crippen molar-refractivity contribution in [2.24, 2.45) is 0 Å². The lowest BCUT2D eigenvalue weighted by molar-refractivity contribution is 0.507. The van der Waals surface area contributed by atoms with Gasteiger partial charge in [-0.05, 0) is 24.3 Å². The average Bonchev–Trinajstić information content (AvgIpc) is 3.16. The largest absolute Gasteiger partial charge is 0.388 e. The van der Waals surface area contributed by atoms with Crippen LogP contribution in [-0.4, -0.2) is 9.97 Å². The number of nitrogens with zero attached hydrogens (tertiary/aromatic N) is 2. The zero-order chi connectivity index (χ0) is 17.8.